The number of rotatable bonds is 3. The van der Waals surface area contributed by atoms with Crippen molar-refractivity contribution in [3.63, 3.8) is 0 Å². The van der Waals surface area contributed by atoms with Crippen LogP contribution >= 0.6 is 23.2 Å². The molecule has 156 valence electrons. The molecule has 32 heavy (non-hydrogen) atoms. The Morgan fingerprint density at radius 1 is 0.906 bits per heavy atom. The molecule has 0 aliphatic rings. The lowest BCUT2D eigenvalue weighted by atomic mass is 10.1. The van der Waals surface area contributed by atoms with Crippen molar-refractivity contribution in [2.75, 3.05) is 0 Å². The topological polar surface area (TPSA) is 52.9 Å². The third kappa shape index (κ3) is 2.92. The summed E-state index contributed by atoms with van der Waals surface area (Å²) in [6.45, 7) is 0. The molecule has 0 aliphatic carbocycles. The third-order valence-corrected chi connectivity index (χ3v) is 6.19. The van der Waals surface area contributed by atoms with Gasteiger partial charge in [0.15, 0.2) is 5.82 Å². The van der Waals surface area contributed by atoms with Gasteiger partial charge in [0.1, 0.15) is 23.4 Å². The number of halogens is 2. The molecular formula is C24H16Cl2N6. The van der Waals surface area contributed by atoms with E-state index >= 15 is 0 Å². The van der Waals surface area contributed by atoms with Gasteiger partial charge in [-0.1, -0.05) is 35.3 Å². The Kier molecular flexibility index (Phi) is 4.31. The summed E-state index contributed by atoms with van der Waals surface area (Å²) >= 11 is 12.9. The molecule has 4 aromatic heterocycles. The Bertz CT molecular complexity index is 1620. The molecule has 0 N–H and O–H groups in total. The van der Waals surface area contributed by atoms with Gasteiger partial charge in [-0.05, 0) is 53.9 Å². The Balaban J connectivity index is 1.64. The fraction of sp³-hybridized carbons (Fsp3) is 0.0417. The maximum absolute atomic E-state index is 6.57. The number of fused-ring (bicyclic) bond motifs is 2. The minimum Gasteiger partial charge on any atom is -0.350 e. The molecule has 0 saturated carbocycles. The molecule has 4 heterocycles. The van der Waals surface area contributed by atoms with Crippen LogP contribution in [0.15, 0.2) is 79.4 Å². The third-order valence-electron chi connectivity index (χ3n) is 5.62. The molecule has 0 fully saturated rings. The normalized spacial score (nSPS) is 11.6. The second kappa shape index (κ2) is 7.22. The smallest absolute Gasteiger partial charge is 0.187 e. The molecule has 8 heteroatoms. The van der Waals surface area contributed by atoms with Crippen LogP contribution in [0.25, 0.3) is 45.0 Å². The standard InChI is InChI=1S/C24H16Cl2N6/c1-30-11-9-15-5-7-17(13-20(15)30)32-14-27-29-24(32)23-22(18-12-16(25)6-8-19(18)26)28-21-4-2-3-10-31(21)23/h2-14H,1H3. The zero-order valence-electron chi connectivity index (χ0n) is 16.9. The predicted octanol–water partition coefficient (Wildman–Crippen LogP) is 6.05. The van der Waals surface area contributed by atoms with E-state index in [2.05, 4.69) is 39.0 Å². The highest BCUT2D eigenvalue weighted by molar-refractivity contribution is 6.35. The molecule has 0 atom stereocenters. The maximum Gasteiger partial charge on any atom is 0.187 e. The van der Waals surface area contributed by atoms with E-state index in [-0.39, 0.29) is 0 Å². The van der Waals surface area contributed by atoms with Crippen molar-refractivity contribution in [3.05, 3.63) is 89.4 Å². The van der Waals surface area contributed by atoms with Gasteiger partial charge in [0.2, 0.25) is 0 Å². The molecule has 0 radical (unpaired) electrons. The molecule has 6 rings (SSSR count). The number of imidazole rings is 1. The van der Waals surface area contributed by atoms with Crippen LogP contribution in [0.4, 0.5) is 0 Å². The lowest BCUT2D eigenvalue weighted by molar-refractivity contribution is 0.965. The highest BCUT2D eigenvalue weighted by atomic mass is 35.5. The molecular weight excluding hydrogens is 443 g/mol. The van der Waals surface area contributed by atoms with Crippen LogP contribution in [0.2, 0.25) is 10.0 Å². The van der Waals surface area contributed by atoms with E-state index in [1.165, 1.54) is 5.39 Å². The molecule has 0 aliphatic heterocycles. The van der Waals surface area contributed by atoms with Gasteiger partial charge in [0, 0.05) is 35.5 Å². The first-order valence-electron chi connectivity index (χ1n) is 9.98. The van der Waals surface area contributed by atoms with E-state index < -0.39 is 0 Å². The van der Waals surface area contributed by atoms with E-state index in [0.29, 0.717) is 21.6 Å². The first-order valence-corrected chi connectivity index (χ1v) is 10.7. The van der Waals surface area contributed by atoms with Crippen LogP contribution < -0.4 is 0 Å². The lowest BCUT2D eigenvalue weighted by Crippen LogP contribution is -2.00. The minimum atomic E-state index is 0.565. The van der Waals surface area contributed by atoms with E-state index in [9.17, 15) is 0 Å². The summed E-state index contributed by atoms with van der Waals surface area (Å²) in [7, 11) is 2.03. The lowest BCUT2D eigenvalue weighted by Gasteiger charge is -2.10. The zero-order chi connectivity index (χ0) is 21.8. The van der Waals surface area contributed by atoms with Crippen LogP contribution in [0, 0.1) is 0 Å². The summed E-state index contributed by atoms with van der Waals surface area (Å²) in [5, 5.41) is 11.0. The molecule has 6 aromatic rings. The summed E-state index contributed by atoms with van der Waals surface area (Å²) in [4.78, 5) is 4.87. The van der Waals surface area contributed by atoms with Crippen LogP contribution in [-0.2, 0) is 7.05 Å². The summed E-state index contributed by atoms with van der Waals surface area (Å²) in [6.07, 6.45) is 5.72. The van der Waals surface area contributed by atoms with Gasteiger partial charge in [0.25, 0.3) is 0 Å². The number of aromatic nitrogens is 6. The Morgan fingerprint density at radius 2 is 1.81 bits per heavy atom. The molecule has 0 bridgehead atoms. The first kappa shape index (κ1) is 19.1. The number of nitrogens with zero attached hydrogens (tertiary/aromatic N) is 6. The summed E-state index contributed by atoms with van der Waals surface area (Å²) in [5.41, 5.74) is 5.07. The summed E-state index contributed by atoms with van der Waals surface area (Å²) in [5.74, 6) is 0.656. The Hall–Kier alpha value is -3.61. The maximum atomic E-state index is 6.57. The average molecular weight is 459 g/mol. The molecule has 6 nitrogen and oxygen atoms in total. The summed E-state index contributed by atoms with van der Waals surface area (Å²) in [6, 6.07) is 19.6. The van der Waals surface area contributed by atoms with Gasteiger partial charge in [-0.2, -0.15) is 0 Å². The second-order valence-electron chi connectivity index (χ2n) is 7.56. The number of pyridine rings is 1. The zero-order valence-corrected chi connectivity index (χ0v) is 18.5. The van der Waals surface area contributed by atoms with Crippen molar-refractivity contribution in [2.24, 2.45) is 7.05 Å². The van der Waals surface area contributed by atoms with Crippen molar-refractivity contribution in [3.8, 4) is 28.5 Å². The van der Waals surface area contributed by atoms with Crippen molar-refractivity contribution >= 4 is 39.8 Å². The monoisotopic (exact) mass is 458 g/mol. The SMILES string of the molecule is Cn1ccc2ccc(-n3cnnc3-c3c(-c4cc(Cl)ccc4Cl)nc4ccccn34)cc21. The van der Waals surface area contributed by atoms with Gasteiger partial charge in [-0.3, -0.25) is 8.97 Å². The van der Waals surface area contributed by atoms with Crippen LogP contribution in [0.5, 0.6) is 0 Å². The van der Waals surface area contributed by atoms with Gasteiger partial charge in [-0.25, -0.2) is 4.98 Å². The average Bonchev–Trinajstić information content (AvgIpc) is 3.52. The molecule has 0 saturated heterocycles. The molecule has 0 spiro atoms. The first-order chi connectivity index (χ1) is 15.6. The van der Waals surface area contributed by atoms with Gasteiger partial charge in [0.05, 0.1) is 10.7 Å². The van der Waals surface area contributed by atoms with Crippen molar-refractivity contribution in [1.82, 2.24) is 28.7 Å². The Labute approximate surface area is 193 Å². The van der Waals surface area contributed by atoms with E-state index in [1.54, 1.807) is 18.5 Å². The number of hydrogen-bond donors (Lipinski definition) is 0. The fourth-order valence-corrected chi connectivity index (χ4v) is 4.44. The summed E-state index contributed by atoms with van der Waals surface area (Å²) < 4.78 is 6.05. The minimum absolute atomic E-state index is 0.565. The van der Waals surface area contributed by atoms with Gasteiger partial charge >= 0.3 is 0 Å². The highest BCUT2D eigenvalue weighted by Crippen LogP contribution is 2.37. The van der Waals surface area contributed by atoms with E-state index in [0.717, 1.165) is 28.1 Å². The quantitative estimate of drug-likeness (QED) is 0.324. The molecule has 0 unspecified atom stereocenters. The van der Waals surface area contributed by atoms with Gasteiger partial charge < -0.3 is 4.57 Å². The van der Waals surface area contributed by atoms with Crippen LogP contribution in [0.1, 0.15) is 0 Å². The molecule has 2 aromatic carbocycles. The van der Waals surface area contributed by atoms with E-state index in [1.807, 2.05) is 52.7 Å². The van der Waals surface area contributed by atoms with Crippen LogP contribution in [-0.4, -0.2) is 28.7 Å². The number of aryl methyl sites for hydroxylation is 1. The Morgan fingerprint density at radius 3 is 2.72 bits per heavy atom. The van der Waals surface area contributed by atoms with Gasteiger partial charge in [-0.15, -0.1) is 10.2 Å². The van der Waals surface area contributed by atoms with Crippen LogP contribution in [0.3, 0.4) is 0 Å². The fourth-order valence-electron chi connectivity index (χ4n) is 4.06. The molecule has 0 amide bonds. The number of hydrogen-bond acceptors (Lipinski definition) is 3. The van der Waals surface area contributed by atoms with E-state index in [4.69, 9.17) is 28.2 Å². The second-order valence-corrected chi connectivity index (χ2v) is 8.40. The predicted molar refractivity (Wildman–Crippen MR) is 127 cm³/mol. The van der Waals surface area contributed by atoms with Crippen molar-refractivity contribution < 1.29 is 0 Å². The number of benzene rings is 2. The highest BCUT2D eigenvalue weighted by Gasteiger charge is 2.23. The largest absolute Gasteiger partial charge is 0.350 e. The van der Waals surface area contributed by atoms with Crippen molar-refractivity contribution in [1.29, 1.82) is 0 Å². The van der Waals surface area contributed by atoms with Crippen molar-refractivity contribution in [2.45, 2.75) is 0 Å².